The minimum atomic E-state index is 0.912. The molecular formula is C16H16N4. The average Bonchev–Trinajstić information content (AvgIpc) is 3.03. The largest absolute Gasteiger partial charge is 0.385 e. The van der Waals surface area contributed by atoms with Crippen LogP contribution < -0.4 is 5.32 Å². The molecule has 2 aromatic carbocycles. The van der Waals surface area contributed by atoms with Crippen LogP contribution in [-0.4, -0.2) is 21.3 Å². The van der Waals surface area contributed by atoms with Crippen LogP contribution in [0.15, 0.2) is 67.3 Å². The first kappa shape index (κ1) is 12.4. The second kappa shape index (κ2) is 6.02. The summed E-state index contributed by atoms with van der Waals surface area (Å²) in [7, 11) is 0. The molecule has 0 fully saturated rings. The molecule has 1 N–H and O–H groups in total. The number of hydrogen-bond donors (Lipinski definition) is 1. The first-order valence-corrected chi connectivity index (χ1v) is 6.65. The van der Waals surface area contributed by atoms with Crippen LogP contribution in [0.3, 0.4) is 0 Å². The Morgan fingerprint density at radius 2 is 1.70 bits per heavy atom. The molecule has 0 aliphatic carbocycles. The Bertz CT molecular complexity index is 647. The van der Waals surface area contributed by atoms with Gasteiger partial charge in [-0.25, -0.2) is 0 Å². The molecule has 0 aliphatic rings. The average molecular weight is 264 g/mol. The van der Waals surface area contributed by atoms with Gasteiger partial charge in [0.25, 0.3) is 0 Å². The molecule has 0 aliphatic heterocycles. The van der Waals surface area contributed by atoms with E-state index in [0.717, 1.165) is 24.3 Å². The lowest BCUT2D eigenvalue weighted by Gasteiger charge is -2.08. The zero-order valence-corrected chi connectivity index (χ0v) is 11.1. The number of nitrogens with one attached hydrogen (secondary N) is 1. The highest BCUT2D eigenvalue weighted by Crippen LogP contribution is 2.14. The molecular weight excluding hydrogens is 248 g/mol. The number of rotatable bonds is 5. The smallest absolute Gasteiger partial charge is 0.123 e. The molecule has 0 spiro atoms. The third-order valence-electron chi connectivity index (χ3n) is 3.15. The maximum Gasteiger partial charge on any atom is 0.123 e. The summed E-state index contributed by atoms with van der Waals surface area (Å²) in [5, 5.41) is 11.1. The zero-order valence-electron chi connectivity index (χ0n) is 11.1. The number of anilines is 1. The molecule has 0 atom stereocenters. The predicted molar refractivity (Wildman–Crippen MR) is 80.0 cm³/mol. The molecule has 3 rings (SSSR count). The van der Waals surface area contributed by atoms with Crippen LogP contribution in [0.2, 0.25) is 0 Å². The third kappa shape index (κ3) is 3.03. The Hall–Kier alpha value is -2.62. The van der Waals surface area contributed by atoms with Gasteiger partial charge in [-0.05, 0) is 30.2 Å². The Balaban J connectivity index is 1.62. The second-order valence-corrected chi connectivity index (χ2v) is 4.58. The molecule has 4 nitrogen and oxygen atoms in total. The van der Waals surface area contributed by atoms with E-state index < -0.39 is 0 Å². The lowest BCUT2D eigenvalue weighted by molar-refractivity contribution is 1.01. The van der Waals surface area contributed by atoms with Gasteiger partial charge in [0.1, 0.15) is 12.7 Å². The summed E-state index contributed by atoms with van der Waals surface area (Å²) >= 11 is 0. The second-order valence-electron chi connectivity index (χ2n) is 4.58. The molecule has 0 amide bonds. The van der Waals surface area contributed by atoms with Crippen molar-refractivity contribution in [2.45, 2.75) is 6.42 Å². The summed E-state index contributed by atoms with van der Waals surface area (Å²) in [6, 6.07) is 18.7. The van der Waals surface area contributed by atoms with Gasteiger partial charge >= 0.3 is 0 Å². The van der Waals surface area contributed by atoms with Gasteiger partial charge in [0, 0.05) is 12.2 Å². The van der Waals surface area contributed by atoms with Crippen LogP contribution >= 0.6 is 0 Å². The Morgan fingerprint density at radius 1 is 0.900 bits per heavy atom. The maximum atomic E-state index is 3.82. The predicted octanol–water partition coefficient (Wildman–Crippen LogP) is 2.92. The fourth-order valence-corrected chi connectivity index (χ4v) is 2.11. The molecule has 0 saturated carbocycles. The zero-order chi connectivity index (χ0) is 13.6. The molecule has 100 valence electrons. The Morgan fingerprint density at radius 3 is 2.50 bits per heavy atom. The lowest BCUT2D eigenvalue weighted by Crippen LogP contribution is -2.05. The summed E-state index contributed by atoms with van der Waals surface area (Å²) in [6.45, 7) is 0.912. The fraction of sp³-hybridized carbons (Fsp3) is 0.125. The first-order chi connectivity index (χ1) is 9.92. The lowest BCUT2D eigenvalue weighted by atomic mass is 10.1. The van der Waals surface area contributed by atoms with E-state index in [1.165, 1.54) is 5.56 Å². The monoisotopic (exact) mass is 264 g/mol. The van der Waals surface area contributed by atoms with Crippen LogP contribution in [0, 0.1) is 0 Å². The molecule has 0 radical (unpaired) electrons. The molecule has 0 bridgehead atoms. The Labute approximate surface area is 118 Å². The fourth-order valence-electron chi connectivity index (χ4n) is 2.11. The van der Waals surface area contributed by atoms with E-state index >= 15 is 0 Å². The number of hydrogen-bond acceptors (Lipinski definition) is 3. The van der Waals surface area contributed by atoms with E-state index in [1.54, 1.807) is 12.7 Å². The van der Waals surface area contributed by atoms with Gasteiger partial charge in [-0.1, -0.05) is 36.4 Å². The molecule has 0 unspecified atom stereocenters. The van der Waals surface area contributed by atoms with Crippen molar-refractivity contribution < 1.29 is 0 Å². The number of benzene rings is 2. The van der Waals surface area contributed by atoms with Gasteiger partial charge in [-0.15, -0.1) is 10.2 Å². The topological polar surface area (TPSA) is 42.7 Å². The van der Waals surface area contributed by atoms with Gasteiger partial charge in [-0.3, -0.25) is 4.57 Å². The van der Waals surface area contributed by atoms with Crippen molar-refractivity contribution in [2.75, 3.05) is 11.9 Å². The van der Waals surface area contributed by atoms with Gasteiger partial charge < -0.3 is 5.32 Å². The highest BCUT2D eigenvalue weighted by Gasteiger charge is 1.98. The summed E-state index contributed by atoms with van der Waals surface area (Å²) in [5.41, 5.74) is 3.50. The van der Waals surface area contributed by atoms with Crippen LogP contribution in [0.5, 0.6) is 0 Å². The molecule has 3 aromatic rings. The molecule has 1 heterocycles. The highest BCUT2D eigenvalue weighted by atomic mass is 15.2. The van der Waals surface area contributed by atoms with Crippen molar-refractivity contribution in [3.8, 4) is 5.69 Å². The van der Waals surface area contributed by atoms with Crippen molar-refractivity contribution in [3.63, 3.8) is 0 Å². The van der Waals surface area contributed by atoms with E-state index in [1.807, 2.05) is 22.8 Å². The minimum Gasteiger partial charge on any atom is -0.385 e. The minimum absolute atomic E-state index is 0.912. The third-order valence-corrected chi connectivity index (χ3v) is 3.15. The normalized spacial score (nSPS) is 10.4. The Kier molecular flexibility index (Phi) is 3.73. The van der Waals surface area contributed by atoms with Crippen molar-refractivity contribution in [1.82, 2.24) is 14.8 Å². The standard InChI is InChI=1S/C16H16N4/c1-2-5-14(6-3-1)9-10-17-15-7-4-8-16(11-15)20-12-18-19-13-20/h1-8,11-13,17H,9-10H2. The van der Waals surface area contributed by atoms with E-state index in [9.17, 15) is 0 Å². The maximum absolute atomic E-state index is 3.82. The summed E-state index contributed by atoms with van der Waals surface area (Å²) < 4.78 is 1.89. The number of nitrogens with zero attached hydrogens (tertiary/aromatic N) is 3. The van der Waals surface area contributed by atoms with Crippen LogP contribution in [0.1, 0.15) is 5.56 Å². The van der Waals surface area contributed by atoms with Crippen LogP contribution in [-0.2, 0) is 6.42 Å². The SMILES string of the molecule is c1ccc(CCNc2cccc(-n3cnnc3)c2)cc1. The number of aromatic nitrogens is 3. The van der Waals surface area contributed by atoms with Crippen molar-refractivity contribution in [2.24, 2.45) is 0 Å². The van der Waals surface area contributed by atoms with Crippen molar-refractivity contribution in [3.05, 3.63) is 72.8 Å². The van der Waals surface area contributed by atoms with E-state index in [2.05, 4.69) is 51.9 Å². The van der Waals surface area contributed by atoms with Gasteiger partial charge in [0.05, 0.1) is 5.69 Å². The molecule has 1 aromatic heterocycles. The van der Waals surface area contributed by atoms with E-state index in [4.69, 9.17) is 0 Å². The van der Waals surface area contributed by atoms with Crippen molar-refractivity contribution in [1.29, 1.82) is 0 Å². The van der Waals surface area contributed by atoms with Gasteiger partial charge in [0.2, 0.25) is 0 Å². The molecule has 0 saturated heterocycles. The quantitative estimate of drug-likeness (QED) is 0.770. The van der Waals surface area contributed by atoms with Crippen LogP contribution in [0.25, 0.3) is 5.69 Å². The van der Waals surface area contributed by atoms with E-state index in [0.29, 0.717) is 0 Å². The summed E-state index contributed by atoms with van der Waals surface area (Å²) in [4.78, 5) is 0. The van der Waals surface area contributed by atoms with Crippen molar-refractivity contribution >= 4 is 5.69 Å². The molecule has 4 heteroatoms. The first-order valence-electron chi connectivity index (χ1n) is 6.65. The molecule has 20 heavy (non-hydrogen) atoms. The van der Waals surface area contributed by atoms with Crippen LogP contribution in [0.4, 0.5) is 5.69 Å². The van der Waals surface area contributed by atoms with E-state index in [-0.39, 0.29) is 0 Å². The summed E-state index contributed by atoms with van der Waals surface area (Å²) in [5.74, 6) is 0. The summed E-state index contributed by atoms with van der Waals surface area (Å²) in [6.07, 6.45) is 4.41. The van der Waals surface area contributed by atoms with Gasteiger partial charge in [0.15, 0.2) is 0 Å². The highest BCUT2D eigenvalue weighted by molar-refractivity contribution is 5.51. The van der Waals surface area contributed by atoms with Gasteiger partial charge in [-0.2, -0.15) is 0 Å².